The summed E-state index contributed by atoms with van der Waals surface area (Å²) in [6, 6.07) is 16.3. The Labute approximate surface area is 124 Å². The molecule has 1 heterocycles. The number of imidazole rings is 1. The molecule has 0 fully saturated rings. The van der Waals surface area contributed by atoms with Crippen LogP contribution in [0.15, 0.2) is 48.5 Å². The molecule has 0 saturated carbocycles. The van der Waals surface area contributed by atoms with Crippen molar-refractivity contribution in [2.24, 2.45) is 0 Å². The van der Waals surface area contributed by atoms with Crippen LogP contribution in [0.1, 0.15) is 12.0 Å². The number of nitrogens with one attached hydrogen (secondary N) is 1. The van der Waals surface area contributed by atoms with E-state index in [2.05, 4.69) is 52.2 Å². The number of rotatable bonds is 5. The van der Waals surface area contributed by atoms with Gasteiger partial charge in [-0.25, -0.2) is 4.98 Å². The summed E-state index contributed by atoms with van der Waals surface area (Å²) >= 11 is 0. The molecule has 0 aliphatic heterocycles. The molecule has 4 heteroatoms. The van der Waals surface area contributed by atoms with Crippen molar-refractivity contribution in [3.63, 3.8) is 0 Å². The Bertz CT molecular complexity index is 718. The summed E-state index contributed by atoms with van der Waals surface area (Å²) in [7, 11) is 2.06. The number of nitrogens with two attached hydrogens (primary N) is 1. The van der Waals surface area contributed by atoms with Crippen molar-refractivity contribution in [1.82, 2.24) is 9.97 Å². The average Bonchev–Trinajstić information content (AvgIpc) is 2.91. The Balaban J connectivity index is 1.62. The van der Waals surface area contributed by atoms with Crippen LogP contribution in [-0.4, -0.2) is 23.6 Å². The predicted octanol–water partition coefficient (Wildman–Crippen LogP) is 3.21. The highest BCUT2D eigenvalue weighted by atomic mass is 15.2. The number of fused-ring (bicyclic) bond motifs is 1. The van der Waals surface area contributed by atoms with Gasteiger partial charge in [-0.15, -0.1) is 0 Å². The van der Waals surface area contributed by atoms with Gasteiger partial charge in [0.2, 0.25) is 5.95 Å². The summed E-state index contributed by atoms with van der Waals surface area (Å²) in [6.45, 7) is 0.962. The van der Waals surface area contributed by atoms with Crippen LogP contribution in [0.5, 0.6) is 0 Å². The van der Waals surface area contributed by atoms with E-state index in [4.69, 9.17) is 5.73 Å². The molecule has 0 bridgehead atoms. The zero-order chi connectivity index (χ0) is 14.7. The molecule has 2 aromatic carbocycles. The fourth-order valence-electron chi connectivity index (χ4n) is 2.47. The van der Waals surface area contributed by atoms with Crippen molar-refractivity contribution in [3.05, 3.63) is 54.1 Å². The van der Waals surface area contributed by atoms with Gasteiger partial charge in [-0.3, -0.25) is 0 Å². The molecule has 0 atom stereocenters. The molecule has 108 valence electrons. The van der Waals surface area contributed by atoms with Crippen molar-refractivity contribution in [2.45, 2.75) is 12.8 Å². The lowest BCUT2D eigenvalue weighted by Gasteiger charge is -2.15. The summed E-state index contributed by atoms with van der Waals surface area (Å²) in [5.41, 5.74) is 9.86. The normalized spacial score (nSPS) is 10.9. The van der Waals surface area contributed by atoms with Crippen molar-refractivity contribution < 1.29 is 0 Å². The lowest BCUT2D eigenvalue weighted by molar-refractivity contribution is 0.772. The van der Waals surface area contributed by atoms with Crippen LogP contribution < -0.4 is 10.6 Å². The first-order valence-electron chi connectivity index (χ1n) is 7.23. The van der Waals surface area contributed by atoms with Gasteiger partial charge in [-0.1, -0.05) is 30.3 Å². The first-order valence-corrected chi connectivity index (χ1v) is 7.23. The van der Waals surface area contributed by atoms with Crippen molar-refractivity contribution in [2.75, 3.05) is 24.2 Å². The zero-order valence-corrected chi connectivity index (χ0v) is 12.2. The first kappa shape index (κ1) is 13.5. The fraction of sp³-hybridized carbons (Fsp3) is 0.235. The molecule has 0 unspecified atom stereocenters. The third-order valence-corrected chi connectivity index (χ3v) is 3.66. The largest absolute Gasteiger partial charge is 0.399 e. The predicted molar refractivity (Wildman–Crippen MR) is 88.5 cm³/mol. The van der Waals surface area contributed by atoms with Gasteiger partial charge in [0, 0.05) is 19.3 Å². The first-order chi connectivity index (χ1) is 10.2. The standard InChI is InChI=1S/C17H20N4/c1-21(11-5-8-13-6-3-2-4-7-13)17-19-15-10-9-14(18)12-16(15)20-17/h2-4,6-7,9-10,12H,5,8,11,18H2,1H3,(H,19,20). The SMILES string of the molecule is CN(CCCc1ccccc1)c1nc2ccc(N)cc2[nH]1. The van der Waals surface area contributed by atoms with Crippen LogP contribution in [0, 0.1) is 0 Å². The molecule has 0 aliphatic carbocycles. The van der Waals surface area contributed by atoms with Gasteiger partial charge >= 0.3 is 0 Å². The highest BCUT2D eigenvalue weighted by Crippen LogP contribution is 2.19. The lowest BCUT2D eigenvalue weighted by atomic mass is 10.1. The van der Waals surface area contributed by atoms with Crippen LogP contribution in [0.2, 0.25) is 0 Å². The van der Waals surface area contributed by atoms with E-state index in [0.717, 1.165) is 42.1 Å². The third-order valence-electron chi connectivity index (χ3n) is 3.66. The molecular weight excluding hydrogens is 260 g/mol. The molecule has 0 spiro atoms. The van der Waals surface area contributed by atoms with Crippen LogP contribution in [-0.2, 0) is 6.42 Å². The van der Waals surface area contributed by atoms with Crippen LogP contribution in [0.25, 0.3) is 11.0 Å². The van der Waals surface area contributed by atoms with Gasteiger partial charge in [0.15, 0.2) is 0 Å². The highest BCUT2D eigenvalue weighted by Gasteiger charge is 2.07. The highest BCUT2D eigenvalue weighted by molar-refractivity contribution is 5.80. The summed E-state index contributed by atoms with van der Waals surface area (Å²) < 4.78 is 0. The Kier molecular flexibility index (Phi) is 3.77. The molecule has 0 radical (unpaired) electrons. The number of nitrogen functional groups attached to an aromatic ring is 1. The van der Waals surface area contributed by atoms with Gasteiger partial charge in [-0.05, 0) is 36.6 Å². The smallest absolute Gasteiger partial charge is 0.203 e. The number of anilines is 2. The monoisotopic (exact) mass is 280 g/mol. The van der Waals surface area contributed by atoms with E-state index in [0.29, 0.717) is 0 Å². The molecule has 0 saturated heterocycles. The number of aromatic amines is 1. The fourth-order valence-corrected chi connectivity index (χ4v) is 2.47. The molecule has 3 aromatic rings. The summed E-state index contributed by atoms with van der Waals surface area (Å²) in [5, 5.41) is 0. The van der Waals surface area contributed by atoms with E-state index < -0.39 is 0 Å². The third kappa shape index (κ3) is 3.16. The van der Waals surface area contributed by atoms with Gasteiger partial charge in [-0.2, -0.15) is 0 Å². The number of aryl methyl sites for hydroxylation is 1. The zero-order valence-electron chi connectivity index (χ0n) is 12.2. The van der Waals surface area contributed by atoms with Crippen molar-refractivity contribution in [1.29, 1.82) is 0 Å². The van der Waals surface area contributed by atoms with E-state index in [1.807, 2.05) is 18.2 Å². The van der Waals surface area contributed by atoms with E-state index in [1.165, 1.54) is 5.56 Å². The number of benzene rings is 2. The molecule has 0 amide bonds. The molecule has 4 nitrogen and oxygen atoms in total. The summed E-state index contributed by atoms with van der Waals surface area (Å²) in [4.78, 5) is 10.1. The van der Waals surface area contributed by atoms with Crippen molar-refractivity contribution >= 4 is 22.7 Å². The minimum absolute atomic E-state index is 0.754. The molecule has 1 aromatic heterocycles. The summed E-state index contributed by atoms with van der Waals surface area (Å²) in [6.07, 6.45) is 2.18. The van der Waals surface area contributed by atoms with Crippen molar-refractivity contribution in [3.8, 4) is 0 Å². The summed E-state index contributed by atoms with van der Waals surface area (Å²) in [5.74, 6) is 0.892. The molecule has 3 N–H and O–H groups in total. The van der Waals surface area contributed by atoms with E-state index >= 15 is 0 Å². The quantitative estimate of drug-likeness (QED) is 0.706. The van der Waals surface area contributed by atoms with Crippen LogP contribution in [0.3, 0.4) is 0 Å². The maximum Gasteiger partial charge on any atom is 0.203 e. The second-order valence-corrected chi connectivity index (χ2v) is 5.35. The second-order valence-electron chi connectivity index (χ2n) is 5.35. The minimum Gasteiger partial charge on any atom is -0.399 e. The van der Waals surface area contributed by atoms with Crippen LogP contribution in [0.4, 0.5) is 11.6 Å². The van der Waals surface area contributed by atoms with E-state index in [1.54, 1.807) is 0 Å². The molecular formula is C17H20N4. The minimum atomic E-state index is 0.754. The van der Waals surface area contributed by atoms with Gasteiger partial charge in [0.1, 0.15) is 0 Å². The molecule has 21 heavy (non-hydrogen) atoms. The average molecular weight is 280 g/mol. The van der Waals surface area contributed by atoms with Gasteiger partial charge in [0.25, 0.3) is 0 Å². The Hall–Kier alpha value is -2.49. The van der Waals surface area contributed by atoms with Gasteiger partial charge in [0.05, 0.1) is 11.0 Å². The van der Waals surface area contributed by atoms with Crippen LogP contribution >= 0.6 is 0 Å². The Morgan fingerprint density at radius 3 is 2.76 bits per heavy atom. The number of H-pyrrole nitrogens is 1. The second kappa shape index (κ2) is 5.87. The van der Waals surface area contributed by atoms with E-state index in [9.17, 15) is 0 Å². The maximum atomic E-state index is 5.79. The molecule has 0 aliphatic rings. The lowest BCUT2D eigenvalue weighted by Crippen LogP contribution is -2.20. The number of nitrogens with zero attached hydrogens (tertiary/aromatic N) is 2. The number of aromatic nitrogens is 2. The number of hydrogen-bond donors (Lipinski definition) is 2. The maximum absolute atomic E-state index is 5.79. The Morgan fingerprint density at radius 1 is 1.14 bits per heavy atom. The topological polar surface area (TPSA) is 57.9 Å². The number of hydrogen-bond acceptors (Lipinski definition) is 3. The Morgan fingerprint density at radius 2 is 1.95 bits per heavy atom. The van der Waals surface area contributed by atoms with E-state index in [-0.39, 0.29) is 0 Å². The molecule has 3 rings (SSSR count). The van der Waals surface area contributed by atoms with Gasteiger partial charge < -0.3 is 15.6 Å².